The first-order valence-corrected chi connectivity index (χ1v) is 14.1. The number of nitrogens with two attached hydrogens (primary N) is 1. The van der Waals surface area contributed by atoms with Crippen LogP contribution in [0, 0.1) is 16.0 Å². The molecule has 13 heteroatoms. The van der Waals surface area contributed by atoms with E-state index in [1.807, 2.05) is 4.72 Å². The largest absolute Gasteiger partial charge is 0.455 e. The lowest BCUT2D eigenvalue weighted by molar-refractivity contribution is -0.385. The Morgan fingerprint density at radius 2 is 1.98 bits per heavy atom. The molecule has 5 rings (SSSR count). The number of amides is 1. The summed E-state index contributed by atoms with van der Waals surface area (Å²) < 4.78 is 39.4. The lowest BCUT2D eigenvalue weighted by Crippen LogP contribution is -2.31. The molecule has 3 heterocycles. The highest BCUT2D eigenvalue weighted by Crippen LogP contribution is 2.30. The molecular formula is C27H27N5O7S. The van der Waals surface area contributed by atoms with Gasteiger partial charge in [-0.1, -0.05) is 6.07 Å². The number of nitrogen functional groups attached to an aromatic ring is 1. The Morgan fingerprint density at radius 3 is 2.75 bits per heavy atom. The molecular weight excluding hydrogens is 538 g/mol. The van der Waals surface area contributed by atoms with Gasteiger partial charge >= 0.3 is 0 Å². The number of sulfonamides is 1. The van der Waals surface area contributed by atoms with Crippen molar-refractivity contribution in [3.05, 3.63) is 82.2 Å². The number of benzene rings is 2. The predicted molar refractivity (Wildman–Crippen MR) is 147 cm³/mol. The molecule has 1 fully saturated rings. The summed E-state index contributed by atoms with van der Waals surface area (Å²) in [5.41, 5.74) is 6.84. The van der Waals surface area contributed by atoms with Crippen LogP contribution in [0.25, 0.3) is 11.0 Å². The summed E-state index contributed by atoms with van der Waals surface area (Å²) in [6.45, 7) is 1.34. The van der Waals surface area contributed by atoms with Crippen molar-refractivity contribution >= 4 is 38.3 Å². The average molecular weight is 566 g/mol. The minimum absolute atomic E-state index is 0.0128. The fraction of sp³-hybridized carbons (Fsp3) is 0.259. The fourth-order valence-electron chi connectivity index (χ4n) is 4.64. The summed E-state index contributed by atoms with van der Waals surface area (Å²) in [5, 5.41) is 12.5. The normalized spacial score (nSPS) is 14.2. The van der Waals surface area contributed by atoms with E-state index in [9.17, 15) is 23.3 Å². The third kappa shape index (κ3) is 6.05. The standard InChI is InChI=1S/C27H27N5O7S/c28-20-4-6-23(25(14-20)39-21-13-19-7-10-29-26(19)30-16-21)27(33)31-40(36,37)22-5-3-18(24(15-22)32(34)35)2-1-17-8-11-38-12-9-17/h3-7,10,13-17H,1-2,8-9,11-12,28H2,(H,29,30)(H,31,33). The molecule has 2 aromatic carbocycles. The highest BCUT2D eigenvalue weighted by atomic mass is 32.2. The van der Waals surface area contributed by atoms with Crippen LogP contribution in [-0.2, 0) is 21.2 Å². The second kappa shape index (κ2) is 11.3. The molecule has 208 valence electrons. The van der Waals surface area contributed by atoms with Crippen molar-refractivity contribution in [3.8, 4) is 11.5 Å². The first-order valence-electron chi connectivity index (χ1n) is 12.6. The smallest absolute Gasteiger partial charge is 0.273 e. The molecule has 0 aliphatic carbocycles. The van der Waals surface area contributed by atoms with E-state index < -0.39 is 25.7 Å². The molecule has 0 saturated carbocycles. The zero-order valence-corrected chi connectivity index (χ0v) is 22.1. The summed E-state index contributed by atoms with van der Waals surface area (Å²) >= 11 is 0. The molecule has 4 N–H and O–H groups in total. The highest BCUT2D eigenvalue weighted by Gasteiger charge is 2.26. The minimum Gasteiger partial charge on any atom is -0.455 e. The van der Waals surface area contributed by atoms with E-state index in [1.165, 1.54) is 36.5 Å². The predicted octanol–water partition coefficient (Wildman–Crippen LogP) is 4.32. The molecule has 2 aromatic heterocycles. The molecule has 1 saturated heterocycles. The Balaban J connectivity index is 1.35. The number of rotatable bonds is 9. The number of hydrogen-bond donors (Lipinski definition) is 3. The molecule has 0 bridgehead atoms. The summed E-state index contributed by atoms with van der Waals surface area (Å²) in [4.78, 5) is 31.1. The maximum absolute atomic E-state index is 13.1. The third-order valence-corrected chi connectivity index (χ3v) is 8.14. The maximum Gasteiger partial charge on any atom is 0.273 e. The van der Waals surface area contributed by atoms with Gasteiger partial charge in [0, 0.05) is 48.2 Å². The second-order valence-corrected chi connectivity index (χ2v) is 11.2. The van der Waals surface area contributed by atoms with E-state index in [0.29, 0.717) is 42.5 Å². The monoisotopic (exact) mass is 565 g/mol. The number of fused-ring (bicyclic) bond motifs is 1. The lowest BCUT2D eigenvalue weighted by atomic mass is 9.92. The number of nitro groups is 1. The van der Waals surface area contributed by atoms with Crippen LogP contribution in [0.2, 0.25) is 0 Å². The van der Waals surface area contributed by atoms with Crippen molar-refractivity contribution in [1.82, 2.24) is 14.7 Å². The van der Waals surface area contributed by atoms with E-state index in [-0.39, 0.29) is 22.7 Å². The summed E-state index contributed by atoms with van der Waals surface area (Å²) in [5.74, 6) is -0.273. The zero-order valence-electron chi connectivity index (χ0n) is 21.3. The number of aromatic nitrogens is 2. The Morgan fingerprint density at radius 1 is 1.18 bits per heavy atom. The molecule has 0 unspecified atom stereocenters. The van der Waals surface area contributed by atoms with Crippen LogP contribution in [-0.4, -0.2) is 42.4 Å². The van der Waals surface area contributed by atoms with Crippen molar-refractivity contribution in [2.75, 3.05) is 18.9 Å². The number of nitrogens with zero attached hydrogens (tertiary/aromatic N) is 2. The Hall–Kier alpha value is -4.49. The van der Waals surface area contributed by atoms with Crippen LogP contribution in [0.3, 0.4) is 0 Å². The van der Waals surface area contributed by atoms with Gasteiger partial charge in [0.25, 0.3) is 21.6 Å². The van der Waals surface area contributed by atoms with E-state index in [4.69, 9.17) is 15.2 Å². The highest BCUT2D eigenvalue weighted by molar-refractivity contribution is 7.90. The van der Waals surface area contributed by atoms with Gasteiger partial charge in [-0.2, -0.15) is 0 Å². The van der Waals surface area contributed by atoms with E-state index >= 15 is 0 Å². The van der Waals surface area contributed by atoms with Crippen LogP contribution >= 0.6 is 0 Å². The third-order valence-electron chi connectivity index (χ3n) is 6.81. The maximum atomic E-state index is 13.1. The summed E-state index contributed by atoms with van der Waals surface area (Å²) in [6.07, 6.45) is 6.11. The quantitative estimate of drug-likeness (QED) is 0.151. The van der Waals surface area contributed by atoms with Gasteiger partial charge in [-0.15, -0.1) is 0 Å². The molecule has 4 aromatic rings. The van der Waals surface area contributed by atoms with E-state index in [1.54, 1.807) is 18.3 Å². The molecule has 0 spiro atoms. The van der Waals surface area contributed by atoms with Crippen LogP contribution in [0.1, 0.15) is 35.2 Å². The van der Waals surface area contributed by atoms with Gasteiger partial charge in [-0.25, -0.2) is 18.1 Å². The second-order valence-electron chi connectivity index (χ2n) is 9.52. The van der Waals surface area contributed by atoms with Crippen LogP contribution in [0.5, 0.6) is 11.5 Å². The van der Waals surface area contributed by atoms with Gasteiger partial charge < -0.3 is 20.2 Å². The Labute approximate surface area is 229 Å². The number of H-pyrrole nitrogens is 1. The number of nitrogens with one attached hydrogen (secondary N) is 2. The van der Waals surface area contributed by atoms with Gasteiger partial charge in [-0.3, -0.25) is 14.9 Å². The van der Waals surface area contributed by atoms with Gasteiger partial charge in [0.2, 0.25) is 0 Å². The number of carbonyl (C=O) groups excluding carboxylic acids is 1. The molecule has 1 aliphatic heterocycles. The summed E-state index contributed by atoms with van der Waals surface area (Å²) in [7, 11) is -4.46. The Bertz CT molecular complexity index is 1680. The van der Waals surface area contributed by atoms with Crippen molar-refractivity contribution in [2.45, 2.75) is 30.6 Å². The van der Waals surface area contributed by atoms with Gasteiger partial charge in [-0.05, 0) is 61.9 Å². The number of ether oxygens (including phenoxy) is 2. The minimum atomic E-state index is -4.46. The summed E-state index contributed by atoms with van der Waals surface area (Å²) in [6, 6.07) is 11.3. The van der Waals surface area contributed by atoms with E-state index in [2.05, 4.69) is 9.97 Å². The molecule has 0 radical (unpaired) electrons. The van der Waals surface area contributed by atoms with Gasteiger partial charge in [0.15, 0.2) is 0 Å². The number of carbonyl (C=O) groups is 1. The van der Waals surface area contributed by atoms with Gasteiger partial charge in [0.1, 0.15) is 17.1 Å². The topological polar surface area (TPSA) is 180 Å². The fourth-order valence-corrected chi connectivity index (χ4v) is 5.62. The molecule has 40 heavy (non-hydrogen) atoms. The number of pyridine rings is 1. The van der Waals surface area contributed by atoms with Crippen LogP contribution in [0.15, 0.2) is 65.8 Å². The first kappa shape index (κ1) is 27.1. The molecule has 1 amide bonds. The van der Waals surface area contributed by atoms with Crippen LogP contribution < -0.4 is 15.2 Å². The number of hydrogen-bond acceptors (Lipinski definition) is 9. The number of aromatic amines is 1. The number of nitro benzene ring substituents is 1. The Kier molecular flexibility index (Phi) is 7.67. The van der Waals surface area contributed by atoms with Crippen LogP contribution in [0.4, 0.5) is 11.4 Å². The first-order chi connectivity index (χ1) is 19.2. The molecule has 1 aliphatic rings. The van der Waals surface area contributed by atoms with Crippen molar-refractivity contribution in [1.29, 1.82) is 0 Å². The van der Waals surface area contributed by atoms with E-state index in [0.717, 1.165) is 30.7 Å². The molecule has 12 nitrogen and oxygen atoms in total. The number of aryl methyl sites for hydroxylation is 1. The van der Waals surface area contributed by atoms with Crippen molar-refractivity contribution < 1.29 is 27.6 Å². The zero-order chi connectivity index (χ0) is 28.3. The average Bonchev–Trinajstić information content (AvgIpc) is 3.40. The molecule has 0 atom stereocenters. The lowest BCUT2D eigenvalue weighted by Gasteiger charge is -2.21. The van der Waals surface area contributed by atoms with Crippen molar-refractivity contribution in [3.63, 3.8) is 0 Å². The number of anilines is 1. The van der Waals surface area contributed by atoms with Crippen molar-refractivity contribution in [2.24, 2.45) is 5.92 Å². The SMILES string of the molecule is Nc1ccc(C(=O)NS(=O)(=O)c2ccc(CCC3CCOCC3)c([N+](=O)[O-])c2)c(Oc2cnc3[nH]ccc3c2)c1. The van der Waals surface area contributed by atoms with Gasteiger partial charge in [0.05, 0.1) is 21.6 Å².